The van der Waals surface area contributed by atoms with Gasteiger partial charge in [-0.25, -0.2) is 0 Å². The Morgan fingerprint density at radius 1 is 1.35 bits per heavy atom. The van der Waals surface area contributed by atoms with Crippen LogP contribution in [0.4, 0.5) is 0 Å². The van der Waals surface area contributed by atoms with Crippen LogP contribution in [0, 0.1) is 0 Å². The molecule has 1 aromatic carbocycles. The maximum atomic E-state index is 11.2. The number of H-pyrrole nitrogens is 1. The van der Waals surface area contributed by atoms with Crippen LogP contribution < -0.4 is 0 Å². The molecule has 0 bridgehead atoms. The number of nitrogens with one attached hydrogen (secondary N) is 1. The Labute approximate surface area is 100 Å². The number of fused-ring (bicyclic) bond motifs is 1. The second-order valence-corrected chi connectivity index (χ2v) is 4.89. The quantitative estimate of drug-likeness (QED) is 0.852. The standard InChI is InChI=1S/C14H17NO2/c1-4-9-5-6-11-10(7-9)8-12(15-11)14(2,3)13(16)17/h5-8,15H,4H2,1-3H3,(H,16,17). The van der Waals surface area contributed by atoms with Gasteiger partial charge < -0.3 is 10.1 Å². The lowest BCUT2D eigenvalue weighted by Crippen LogP contribution is -2.28. The first-order chi connectivity index (χ1) is 7.95. The van der Waals surface area contributed by atoms with Gasteiger partial charge in [0.15, 0.2) is 0 Å². The summed E-state index contributed by atoms with van der Waals surface area (Å²) in [5, 5.41) is 10.3. The molecule has 2 aromatic rings. The molecule has 0 atom stereocenters. The minimum atomic E-state index is -0.884. The van der Waals surface area contributed by atoms with Gasteiger partial charge in [-0.2, -0.15) is 0 Å². The second-order valence-electron chi connectivity index (χ2n) is 4.89. The molecule has 3 heteroatoms. The molecular weight excluding hydrogens is 214 g/mol. The first-order valence-corrected chi connectivity index (χ1v) is 5.80. The molecule has 0 amide bonds. The number of hydrogen-bond donors (Lipinski definition) is 2. The molecule has 0 aliphatic rings. The molecular formula is C14H17NO2. The number of aliphatic carboxylic acids is 1. The number of benzene rings is 1. The van der Waals surface area contributed by atoms with Crippen LogP contribution in [0.25, 0.3) is 10.9 Å². The van der Waals surface area contributed by atoms with E-state index >= 15 is 0 Å². The number of carboxylic acid groups (broad SMARTS) is 1. The van der Waals surface area contributed by atoms with E-state index in [4.69, 9.17) is 0 Å². The van der Waals surface area contributed by atoms with Crippen LogP contribution in [0.1, 0.15) is 32.0 Å². The van der Waals surface area contributed by atoms with E-state index < -0.39 is 11.4 Å². The molecule has 0 aliphatic heterocycles. The van der Waals surface area contributed by atoms with E-state index in [0.717, 1.165) is 23.0 Å². The zero-order valence-electron chi connectivity index (χ0n) is 10.4. The fourth-order valence-corrected chi connectivity index (χ4v) is 1.85. The lowest BCUT2D eigenvalue weighted by Gasteiger charge is -2.16. The molecule has 0 saturated carbocycles. The van der Waals surface area contributed by atoms with Crippen molar-refractivity contribution in [2.45, 2.75) is 32.6 Å². The maximum absolute atomic E-state index is 11.2. The molecule has 0 unspecified atom stereocenters. The van der Waals surface area contributed by atoms with Gasteiger partial charge in [0, 0.05) is 11.2 Å². The van der Waals surface area contributed by atoms with E-state index in [1.165, 1.54) is 5.56 Å². The predicted molar refractivity (Wildman–Crippen MR) is 68.3 cm³/mol. The van der Waals surface area contributed by atoms with Crippen molar-refractivity contribution >= 4 is 16.9 Å². The van der Waals surface area contributed by atoms with Crippen molar-refractivity contribution in [2.75, 3.05) is 0 Å². The topological polar surface area (TPSA) is 53.1 Å². The molecule has 1 heterocycles. The van der Waals surface area contributed by atoms with Crippen molar-refractivity contribution in [1.82, 2.24) is 4.98 Å². The largest absolute Gasteiger partial charge is 0.481 e. The number of aryl methyl sites for hydroxylation is 1. The number of rotatable bonds is 3. The third kappa shape index (κ3) is 1.93. The van der Waals surface area contributed by atoms with Crippen molar-refractivity contribution in [3.63, 3.8) is 0 Å². The smallest absolute Gasteiger partial charge is 0.315 e. The summed E-state index contributed by atoms with van der Waals surface area (Å²) >= 11 is 0. The fourth-order valence-electron chi connectivity index (χ4n) is 1.85. The Morgan fingerprint density at radius 2 is 2.06 bits per heavy atom. The van der Waals surface area contributed by atoms with Crippen LogP contribution >= 0.6 is 0 Å². The SMILES string of the molecule is CCc1ccc2[nH]c(C(C)(C)C(=O)O)cc2c1. The Bertz CT molecular complexity index is 567. The van der Waals surface area contributed by atoms with Gasteiger partial charge in [-0.15, -0.1) is 0 Å². The molecule has 1 aromatic heterocycles. The molecule has 0 spiro atoms. The van der Waals surface area contributed by atoms with E-state index in [-0.39, 0.29) is 0 Å². The van der Waals surface area contributed by atoms with E-state index in [1.807, 2.05) is 12.1 Å². The average molecular weight is 231 g/mol. The summed E-state index contributed by atoms with van der Waals surface area (Å²) in [5.41, 5.74) is 2.11. The van der Waals surface area contributed by atoms with Crippen molar-refractivity contribution in [2.24, 2.45) is 0 Å². The summed E-state index contributed by atoms with van der Waals surface area (Å²) < 4.78 is 0. The molecule has 0 aliphatic carbocycles. The summed E-state index contributed by atoms with van der Waals surface area (Å²) in [6.07, 6.45) is 0.985. The van der Waals surface area contributed by atoms with E-state index in [2.05, 4.69) is 24.0 Å². The number of aromatic nitrogens is 1. The fraction of sp³-hybridized carbons (Fsp3) is 0.357. The lowest BCUT2D eigenvalue weighted by atomic mass is 9.90. The third-order valence-electron chi connectivity index (χ3n) is 3.30. The number of hydrogen-bond acceptors (Lipinski definition) is 1. The Hall–Kier alpha value is -1.77. The molecule has 0 saturated heterocycles. The van der Waals surface area contributed by atoms with Gasteiger partial charge in [0.2, 0.25) is 0 Å². The number of aromatic amines is 1. The molecule has 17 heavy (non-hydrogen) atoms. The second kappa shape index (κ2) is 3.91. The Balaban J connectivity index is 2.55. The predicted octanol–water partition coefficient (Wildman–Crippen LogP) is 3.09. The molecule has 2 rings (SSSR count). The van der Waals surface area contributed by atoms with Crippen molar-refractivity contribution in [3.05, 3.63) is 35.5 Å². The van der Waals surface area contributed by atoms with Crippen molar-refractivity contribution < 1.29 is 9.90 Å². The van der Waals surface area contributed by atoms with Gasteiger partial charge in [-0.1, -0.05) is 13.0 Å². The van der Waals surface area contributed by atoms with E-state index in [1.54, 1.807) is 13.8 Å². The molecule has 3 nitrogen and oxygen atoms in total. The first kappa shape index (κ1) is 11.7. The summed E-state index contributed by atoms with van der Waals surface area (Å²) in [5.74, 6) is -0.820. The third-order valence-corrected chi connectivity index (χ3v) is 3.30. The minimum absolute atomic E-state index is 0.744. The normalized spacial score (nSPS) is 11.9. The lowest BCUT2D eigenvalue weighted by molar-refractivity contribution is -0.142. The van der Waals surface area contributed by atoms with Gasteiger partial charge in [-0.05, 0) is 49.4 Å². The van der Waals surface area contributed by atoms with Gasteiger partial charge in [-0.3, -0.25) is 4.79 Å². The summed E-state index contributed by atoms with van der Waals surface area (Å²) in [6, 6.07) is 8.11. The minimum Gasteiger partial charge on any atom is -0.481 e. The highest BCUT2D eigenvalue weighted by Gasteiger charge is 2.31. The van der Waals surface area contributed by atoms with Gasteiger partial charge in [0.1, 0.15) is 5.41 Å². The summed E-state index contributed by atoms with van der Waals surface area (Å²) in [7, 11) is 0. The van der Waals surface area contributed by atoms with Crippen LogP contribution in [0.5, 0.6) is 0 Å². The monoisotopic (exact) mass is 231 g/mol. The molecule has 90 valence electrons. The van der Waals surface area contributed by atoms with Crippen molar-refractivity contribution in [3.8, 4) is 0 Å². The highest BCUT2D eigenvalue weighted by Crippen LogP contribution is 2.27. The van der Waals surface area contributed by atoms with Gasteiger partial charge >= 0.3 is 5.97 Å². The average Bonchev–Trinajstić information content (AvgIpc) is 2.71. The Morgan fingerprint density at radius 3 is 2.65 bits per heavy atom. The number of carboxylic acids is 1. The highest BCUT2D eigenvalue weighted by molar-refractivity contribution is 5.86. The first-order valence-electron chi connectivity index (χ1n) is 5.80. The molecule has 0 radical (unpaired) electrons. The van der Waals surface area contributed by atoms with Crippen LogP contribution in [0.2, 0.25) is 0 Å². The zero-order valence-corrected chi connectivity index (χ0v) is 10.4. The van der Waals surface area contributed by atoms with Crippen LogP contribution in [-0.2, 0) is 16.6 Å². The maximum Gasteiger partial charge on any atom is 0.315 e. The van der Waals surface area contributed by atoms with Gasteiger partial charge in [0.25, 0.3) is 0 Å². The van der Waals surface area contributed by atoms with E-state index in [9.17, 15) is 9.90 Å². The number of carbonyl (C=O) groups is 1. The van der Waals surface area contributed by atoms with E-state index in [0.29, 0.717) is 0 Å². The zero-order chi connectivity index (χ0) is 12.6. The van der Waals surface area contributed by atoms with Gasteiger partial charge in [0.05, 0.1) is 0 Å². The van der Waals surface area contributed by atoms with Crippen LogP contribution in [-0.4, -0.2) is 16.1 Å². The van der Waals surface area contributed by atoms with Crippen LogP contribution in [0.3, 0.4) is 0 Å². The summed E-state index contributed by atoms with van der Waals surface area (Å²) in [6.45, 7) is 5.53. The summed E-state index contributed by atoms with van der Waals surface area (Å²) in [4.78, 5) is 14.4. The van der Waals surface area contributed by atoms with Crippen LogP contribution in [0.15, 0.2) is 24.3 Å². The van der Waals surface area contributed by atoms with Crippen molar-refractivity contribution in [1.29, 1.82) is 0 Å². The highest BCUT2D eigenvalue weighted by atomic mass is 16.4. The molecule has 2 N–H and O–H groups in total. The Kier molecular flexibility index (Phi) is 2.69. The molecule has 0 fully saturated rings.